The zero-order valence-corrected chi connectivity index (χ0v) is 12.5. The molecule has 0 aromatic heterocycles. The summed E-state index contributed by atoms with van der Waals surface area (Å²) in [5.74, 6) is -0.0138. The van der Waals surface area contributed by atoms with E-state index in [0.29, 0.717) is 23.1 Å². The van der Waals surface area contributed by atoms with E-state index in [9.17, 15) is 23.1 Å². The molecule has 0 unspecified atom stereocenters. The number of carbonyl (C=O) groups is 1. The predicted octanol–water partition coefficient (Wildman–Crippen LogP) is 4.83. The molecular weight excluding hydrogens is 325 g/mol. The van der Waals surface area contributed by atoms with Crippen molar-refractivity contribution in [2.45, 2.75) is 16.8 Å². The molecule has 23 heavy (non-hydrogen) atoms. The predicted molar refractivity (Wildman–Crippen MR) is 82.5 cm³/mol. The van der Waals surface area contributed by atoms with Crippen molar-refractivity contribution in [3.63, 3.8) is 0 Å². The summed E-state index contributed by atoms with van der Waals surface area (Å²) in [6, 6.07) is 10.5. The summed E-state index contributed by atoms with van der Waals surface area (Å²) in [4.78, 5) is 12.4. The van der Waals surface area contributed by atoms with Gasteiger partial charge < -0.3 is 5.11 Å². The second kappa shape index (κ2) is 5.77. The molecule has 0 heterocycles. The van der Waals surface area contributed by atoms with Gasteiger partial charge in [0.15, 0.2) is 5.78 Å². The van der Waals surface area contributed by atoms with E-state index in [1.807, 2.05) is 0 Å². The number of carbonyl (C=O) groups excluding carboxylic acids is 1. The van der Waals surface area contributed by atoms with E-state index in [4.69, 9.17) is 0 Å². The maximum Gasteiger partial charge on any atom is 0.446 e. The summed E-state index contributed by atoms with van der Waals surface area (Å²) in [5.41, 5.74) is -1.78. The Bertz CT molecular complexity index is 792. The van der Waals surface area contributed by atoms with Crippen LogP contribution in [0.1, 0.15) is 21.5 Å². The molecule has 3 rings (SSSR count). The van der Waals surface area contributed by atoms with Crippen LogP contribution in [0, 0.1) is 0 Å². The topological polar surface area (TPSA) is 37.3 Å². The Balaban J connectivity index is 1.82. The molecule has 0 saturated carbocycles. The Hall–Kier alpha value is -2.21. The van der Waals surface area contributed by atoms with Gasteiger partial charge in [0, 0.05) is 22.5 Å². The van der Waals surface area contributed by atoms with Crippen molar-refractivity contribution in [3.05, 3.63) is 64.7 Å². The standard InChI is InChI=1S/C17H11F3O2S/c18-17(19,20)23-14-4-1-10(2-5-14)7-12-8-11-9-13(21)3-6-15(11)16(12)22/h1-7,9,21H,8H2. The van der Waals surface area contributed by atoms with Crippen molar-refractivity contribution < 1.29 is 23.1 Å². The molecule has 6 heteroatoms. The van der Waals surface area contributed by atoms with E-state index in [1.54, 1.807) is 30.3 Å². The second-order valence-electron chi connectivity index (χ2n) is 5.13. The Morgan fingerprint density at radius 3 is 2.43 bits per heavy atom. The average Bonchev–Trinajstić information content (AvgIpc) is 2.75. The maximum atomic E-state index is 12.3. The SMILES string of the molecule is O=C1C(=Cc2ccc(SC(F)(F)F)cc2)Cc2cc(O)ccc21. The highest BCUT2D eigenvalue weighted by Gasteiger charge is 2.29. The number of halogens is 3. The fraction of sp³-hybridized carbons (Fsp3) is 0.118. The molecule has 2 aromatic carbocycles. The molecule has 1 aliphatic rings. The summed E-state index contributed by atoms with van der Waals surface area (Å²) in [5, 5.41) is 9.46. The number of hydrogen-bond donors (Lipinski definition) is 1. The molecule has 0 fully saturated rings. The highest BCUT2D eigenvalue weighted by Crippen LogP contribution is 2.37. The number of phenols is 1. The fourth-order valence-corrected chi connectivity index (χ4v) is 3.03. The molecule has 0 spiro atoms. The average molecular weight is 336 g/mol. The largest absolute Gasteiger partial charge is 0.508 e. The van der Waals surface area contributed by atoms with Crippen LogP contribution in [0.3, 0.4) is 0 Å². The lowest BCUT2D eigenvalue weighted by Gasteiger charge is -2.05. The third kappa shape index (κ3) is 3.59. The Morgan fingerprint density at radius 1 is 1.09 bits per heavy atom. The normalized spacial score (nSPS) is 16.0. The number of fused-ring (bicyclic) bond motifs is 1. The first-order valence-electron chi connectivity index (χ1n) is 6.75. The van der Waals surface area contributed by atoms with Gasteiger partial charge in [-0.2, -0.15) is 13.2 Å². The van der Waals surface area contributed by atoms with Gasteiger partial charge in [-0.15, -0.1) is 0 Å². The van der Waals surface area contributed by atoms with Gasteiger partial charge in [-0.05, 0) is 59.3 Å². The molecule has 0 radical (unpaired) electrons. The van der Waals surface area contributed by atoms with Gasteiger partial charge in [-0.3, -0.25) is 4.79 Å². The third-order valence-corrected chi connectivity index (χ3v) is 4.20. The monoisotopic (exact) mass is 336 g/mol. The van der Waals surface area contributed by atoms with Crippen LogP contribution in [-0.4, -0.2) is 16.4 Å². The smallest absolute Gasteiger partial charge is 0.446 e. The van der Waals surface area contributed by atoms with E-state index in [0.717, 1.165) is 5.56 Å². The van der Waals surface area contributed by atoms with Crippen LogP contribution in [0.25, 0.3) is 6.08 Å². The van der Waals surface area contributed by atoms with Crippen LogP contribution in [-0.2, 0) is 6.42 Å². The summed E-state index contributed by atoms with van der Waals surface area (Å²) in [6.45, 7) is 0. The van der Waals surface area contributed by atoms with Crippen LogP contribution >= 0.6 is 11.8 Å². The molecule has 118 valence electrons. The van der Waals surface area contributed by atoms with Crippen LogP contribution in [0.5, 0.6) is 5.75 Å². The summed E-state index contributed by atoms with van der Waals surface area (Å²) < 4.78 is 36.9. The zero-order valence-electron chi connectivity index (χ0n) is 11.7. The fourth-order valence-electron chi connectivity index (χ4n) is 2.49. The minimum Gasteiger partial charge on any atom is -0.508 e. The van der Waals surface area contributed by atoms with E-state index in [-0.39, 0.29) is 28.2 Å². The summed E-state index contributed by atoms with van der Waals surface area (Å²) >= 11 is -0.171. The number of benzene rings is 2. The van der Waals surface area contributed by atoms with Crippen molar-refractivity contribution in [1.29, 1.82) is 0 Å². The first-order valence-corrected chi connectivity index (χ1v) is 7.56. The van der Waals surface area contributed by atoms with Gasteiger partial charge in [0.25, 0.3) is 0 Å². The van der Waals surface area contributed by atoms with Gasteiger partial charge in [-0.1, -0.05) is 12.1 Å². The number of aromatic hydroxyl groups is 1. The Morgan fingerprint density at radius 2 is 1.78 bits per heavy atom. The molecular formula is C17H11F3O2S. The van der Waals surface area contributed by atoms with Crippen molar-refractivity contribution >= 4 is 23.6 Å². The van der Waals surface area contributed by atoms with Gasteiger partial charge in [-0.25, -0.2) is 0 Å². The van der Waals surface area contributed by atoms with E-state index in [2.05, 4.69) is 0 Å². The molecule has 0 saturated heterocycles. The van der Waals surface area contributed by atoms with Crippen molar-refractivity contribution in [2.24, 2.45) is 0 Å². The molecule has 0 aliphatic heterocycles. The van der Waals surface area contributed by atoms with Crippen LogP contribution < -0.4 is 0 Å². The lowest BCUT2D eigenvalue weighted by molar-refractivity contribution is -0.0328. The van der Waals surface area contributed by atoms with E-state index >= 15 is 0 Å². The number of rotatable bonds is 2. The second-order valence-corrected chi connectivity index (χ2v) is 6.27. The van der Waals surface area contributed by atoms with E-state index in [1.165, 1.54) is 18.2 Å². The molecule has 2 nitrogen and oxygen atoms in total. The number of thioether (sulfide) groups is 1. The molecule has 1 aliphatic carbocycles. The first-order chi connectivity index (χ1) is 10.8. The Labute approximate surface area is 134 Å². The van der Waals surface area contributed by atoms with Crippen molar-refractivity contribution in [3.8, 4) is 5.75 Å². The Kier molecular flexibility index (Phi) is 3.93. The van der Waals surface area contributed by atoms with Gasteiger partial charge in [0.05, 0.1) is 0 Å². The number of alkyl halides is 3. The number of ketones is 1. The first kappa shape index (κ1) is 15.7. The number of Topliss-reactive ketones (excluding diaryl/α,β-unsaturated/α-hetero) is 1. The van der Waals surface area contributed by atoms with Crippen molar-refractivity contribution in [1.82, 2.24) is 0 Å². The summed E-state index contributed by atoms with van der Waals surface area (Å²) in [6.07, 6.45) is 2.07. The molecule has 0 amide bonds. The number of allylic oxidation sites excluding steroid dienone is 1. The zero-order chi connectivity index (χ0) is 16.6. The van der Waals surface area contributed by atoms with Gasteiger partial charge in [0.2, 0.25) is 0 Å². The van der Waals surface area contributed by atoms with Crippen LogP contribution in [0.4, 0.5) is 13.2 Å². The lowest BCUT2D eigenvalue weighted by atomic mass is 10.1. The van der Waals surface area contributed by atoms with Gasteiger partial charge in [0.1, 0.15) is 5.75 Å². The van der Waals surface area contributed by atoms with Crippen LogP contribution in [0.15, 0.2) is 52.9 Å². The number of phenolic OH excluding ortho intramolecular Hbond substituents is 1. The van der Waals surface area contributed by atoms with Gasteiger partial charge >= 0.3 is 5.51 Å². The molecule has 0 atom stereocenters. The minimum atomic E-state index is -4.31. The quantitative estimate of drug-likeness (QED) is 0.631. The highest BCUT2D eigenvalue weighted by molar-refractivity contribution is 8.00. The minimum absolute atomic E-state index is 0.102. The molecule has 2 aromatic rings. The highest BCUT2D eigenvalue weighted by atomic mass is 32.2. The number of hydrogen-bond acceptors (Lipinski definition) is 3. The summed E-state index contributed by atoms with van der Waals surface area (Å²) in [7, 11) is 0. The van der Waals surface area contributed by atoms with E-state index < -0.39 is 5.51 Å². The maximum absolute atomic E-state index is 12.3. The van der Waals surface area contributed by atoms with Crippen LogP contribution in [0.2, 0.25) is 0 Å². The third-order valence-electron chi connectivity index (χ3n) is 3.46. The molecule has 0 bridgehead atoms. The van der Waals surface area contributed by atoms with Crippen molar-refractivity contribution in [2.75, 3.05) is 0 Å². The lowest BCUT2D eigenvalue weighted by Crippen LogP contribution is -1.98. The molecule has 1 N–H and O–H groups in total.